The average Bonchev–Trinajstić information content (AvgIpc) is 2.76. The second kappa shape index (κ2) is 9.43. The van der Waals surface area contributed by atoms with E-state index in [1.165, 1.54) is 12.0 Å². The Hall–Kier alpha value is -3.35. The van der Waals surface area contributed by atoms with Crippen molar-refractivity contribution in [2.24, 2.45) is 5.92 Å². The third-order valence-electron chi connectivity index (χ3n) is 5.14. The van der Waals surface area contributed by atoms with E-state index in [-0.39, 0.29) is 24.8 Å². The number of esters is 1. The Morgan fingerprint density at radius 2 is 1.73 bits per heavy atom. The lowest BCUT2D eigenvalue weighted by Crippen LogP contribution is -2.67. The van der Waals surface area contributed by atoms with Crippen molar-refractivity contribution in [1.82, 2.24) is 4.90 Å². The summed E-state index contributed by atoms with van der Waals surface area (Å²) in [5.74, 6) is -1.29. The molecule has 2 atom stereocenters. The highest BCUT2D eigenvalue weighted by Gasteiger charge is 2.54. The van der Waals surface area contributed by atoms with Crippen LogP contribution in [0, 0.1) is 5.92 Å². The van der Waals surface area contributed by atoms with E-state index in [0.29, 0.717) is 18.0 Å². The second-order valence-corrected chi connectivity index (χ2v) is 7.12. The predicted molar refractivity (Wildman–Crippen MR) is 112 cm³/mol. The van der Waals surface area contributed by atoms with Crippen LogP contribution in [0.5, 0.6) is 5.75 Å². The number of nitrogens with zero attached hydrogens (tertiary/aromatic N) is 2. The van der Waals surface area contributed by atoms with Crippen LogP contribution < -0.4 is 9.64 Å². The monoisotopic (exact) mass is 410 g/mol. The van der Waals surface area contributed by atoms with Crippen LogP contribution in [0.15, 0.2) is 54.6 Å². The Bertz CT molecular complexity index is 915. The number of methoxy groups -OCH3 is 1. The summed E-state index contributed by atoms with van der Waals surface area (Å²) in [6.07, 6.45) is -0.131. The standard InChI is InChI=1S/C23H26N2O5/c1-4-30-20(26)14-17-21(23(28)24(2)15-16-10-6-5-7-11-16)25(22(17)27)18-12-8-9-13-19(18)29-3/h5-13,17,21H,4,14-15H2,1-3H3/t17-,21-/m1/s1. The molecule has 1 heterocycles. The Labute approximate surface area is 176 Å². The van der Waals surface area contributed by atoms with Gasteiger partial charge in [-0.15, -0.1) is 0 Å². The van der Waals surface area contributed by atoms with Crippen molar-refractivity contribution in [2.75, 3.05) is 25.7 Å². The molecule has 0 bridgehead atoms. The van der Waals surface area contributed by atoms with Crippen LogP contribution in [0.4, 0.5) is 5.69 Å². The fraction of sp³-hybridized carbons (Fsp3) is 0.348. The van der Waals surface area contributed by atoms with E-state index in [4.69, 9.17) is 9.47 Å². The zero-order valence-electron chi connectivity index (χ0n) is 17.4. The van der Waals surface area contributed by atoms with Crippen LogP contribution in [0.2, 0.25) is 0 Å². The van der Waals surface area contributed by atoms with Crippen LogP contribution in [0.25, 0.3) is 0 Å². The molecule has 0 unspecified atom stereocenters. The highest BCUT2D eigenvalue weighted by Crippen LogP contribution is 2.40. The SMILES string of the molecule is CCOC(=O)C[C@H]1C(=O)N(c2ccccc2OC)[C@H]1C(=O)N(C)Cc1ccccc1. The molecule has 0 saturated carbocycles. The minimum absolute atomic E-state index is 0.131. The minimum Gasteiger partial charge on any atom is -0.495 e. The second-order valence-electron chi connectivity index (χ2n) is 7.12. The molecule has 0 aliphatic carbocycles. The molecule has 1 aliphatic rings. The first kappa shape index (κ1) is 21.4. The van der Waals surface area contributed by atoms with Crippen LogP contribution in [0.1, 0.15) is 18.9 Å². The molecular weight excluding hydrogens is 384 g/mol. The summed E-state index contributed by atoms with van der Waals surface area (Å²) < 4.78 is 10.4. The van der Waals surface area contributed by atoms with Gasteiger partial charge in [0.1, 0.15) is 11.8 Å². The normalized spacial score (nSPS) is 17.8. The lowest BCUT2D eigenvalue weighted by atomic mass is 9.82. The average molecular weight is 410 g/mol. The fourth-order valence-corrected chi connectivity index (χ4v) is 3.69. The Balaban J connectivity index is 1.87. The summed E-state index contributed by atoms with van der Waals surface area (Å²) in [5.41, 5.74) is 1.49. The van der Waals surface area contributed by atoms with Crippen molar-refractivity contribution in [3.05, 3.63) is 60.2 Å². The molecule has 158 valence electrons. The molecule has 0 N–H and O–H groups in total. The van der Waals surface area contributed by atoms with Gasteiger partial charge in [-0.25, -0.2) is 0 Å². The van der Waals surface area contributed by atoms with Gasteiger partial charge in [-0.2, -0.15) is 0 Å². The van der Waals surface area contributed by atoms with Gasteiger partial charge in [0.2, 0.25) is 11.8 Å². The minimum atomic E-state index is -0.799. The first-order chi connectivity index (χ1) is 14.5. The van der Waals surface area contributed by atoms with Gasteiger partial charge in [0.25, 0.3) is 0 Å². The number of ether oxygens (including phenoxy) is 2. The highest BCUT2D eigenvalue weighted by atomic mass is 16.5. The van der Waals surface area contributed by atoms with Crippen molar-refractivity contribution in [1.29, 1.82) is 0 Å². The van der Waals surface area contributed by atoms with Gasteiger partial charge >= 0.3 is 5.97 Å². The summed E-state index contributed by atoms with van der Waals surface area (Å²) in [6.45, 7) is 2.33. The quantitative estimate of drug-likeness (QED) is 0.494. The number of β-lactam (4-membered cyclic amide) rings is 1. The smallest absolute Gasteiger partial charge is 0.306 e. The topological polar surface area (TPSA) is 76.1 Å². The van der Waals surface area contributed by atoms with Gasteiger partial charge in [-0.3, -0.25) is 19.3 Å². The van der Waals surface area contributed by atoms with Gasteiger partial charge in [-0.05, 0) is 24.6 Å². The van der Waals surface area contributed by atoms with Crippen molar-refractivity contribution in [3.8, 4) is 5.75 Å². The van der Waals surface area contributed by atoms with E-state index in [0.717, 1.165) is 5.56 Å². The first-order valence-corrected chi connectivity index (χ1v) is 9.88. The third kappa shape index (κ3) is 4.30. The molecule has 0 aromatic heterocycles. The summed E-state index contributed by atoms with van der Waals surface area (Å²) >= 11 is 0. The van der Waals surface area contributed by atoms with Crippen LogP contribution in [-0.2, 0) is 25.7 Å². The van der Waals surface area contributed by atoms with Gasteiger partial charge < -0.3 is 14.4 Å². The van der Waals surface area contributed by atoms with Gasteiger partial charge in [-0.1, -0.05) is 42.5 Å². The molecule has 7 nitrogen and oxygen atoms in total. The number of para-hydroxylation sites is 2. The fourth-order valence-electron chi connectivity index (χ4n) is 3.69. The van der Waals surface area contributed by atoms with E-state index < -0.39 is 17.9 Å². The summed E-state index contributed by atoms with van der Waals surface area (Å²) in [6, 6.07) is 15.8. The number of rotatable bonds is 8. The molecule has 1 saturated heterocycles. The number of hydrogen-bond acceptors (Lipinski definition) is 5. The van der Waals surface area contributed by atoms with E-state index in [9.17, 15) is 14.4 Å². The number of carbonyl (C=O) groups is 3. The maximum atomic E-state index is 13.3. The van der Waals surface area contributed by atoms with E-state index >= 15 is 0 Å². The van der Waals surface area contributed by atoms with Crippen molar-refractivity contribution in [2.45, 2.75) is 25.9 Å². The molecule has 2 amide bonds. The third-order valence-corrected chi connectivity index (χ3v) is 5.14. The molecule has 3 rings (SSSR count). The number of carbonyl (C=O) groups excluding carboxylic acids is 3. The Kier molecular flexibility index (Phi) is 6.72. The molecule has 30 heavy (non-hydrogen) atoms. The molecular formula is C23H26N2O5. The lowest BCUT2D eigenvalue weighted by Gasteiger charge is -2.47. The van der Waals surface area contributed by atoms with Crippen molar-refractivity contribution >= 4 is 23.5 Å². The Morgan fingerprint density at radius 1 is 1.07 bits per heavy atom. The Morgan fingerprint density at radius 3 is 2.40 bits per heavy atom. The number of hydrogen-bond donors (Lipinski definition) is 0. The van der Waals surface area contributed by atoms with E-state index in [1.807, 2.05) is 30.3 Å². The number of anilines is 1. The molecule has 7 heteroatoms. The largest absolute Gasteiger partial charge is 0.495 e. The maximum Gasteiger partial charge on any atom is 0.306 e. The molecule has 1 aliphatic heterocycles. The number of likely N-dealkylation sites (N-methyl/N-ethyl adjacent to an activating group) is 1. The lowest BCUT2D eigenvalue weighted by molar-refractivity contribution is -0.152. The molecule has 0 spiro atoms. The van der Waals surface area contributed by atoms with Gasteiger partial charge in [0.05, 0.1) is 31.7 Å². The number of amides is 2. The predicted octanol–water partition coefficient (Wildman–Crippen LogP) is 2.64. The highest BCUT2D eigenvalue weighted by molar-refractivity contribution is 6.13. The zero-order valence-corrected chi connectivity index (χ0v) is 17.4. The first-order valence-electron chi connectivity index (χ1n) is 9.88. The summed E-state index contributed by atoms with van der Waals surface area (Å²) in [7, 11) is 3.21. The summed E-state index contributed by atoms with van der Waals surface area (Å²) in [5, 5.41) is 0. The molecule has 1 fully saturated rings. The van der Waals surface area contributed by atoms with Gasteiger partial charge in [0, 0.05) is 13.6 Å². The van der Waals surface area contributed by atoms with E-state index in [1.54, 1.807) is 43.1 Å². The van der Waals surface area contributed by atoms with Crippen molar-refractivity contribution in [3.63, 3.8) is 0 Å². The van der Waals surface area contributed by atoms with Crippen LogP contribution in [-0.4, -0.2) is 49.5 Å². The van der Waals surface area contributed by atoms with Crippen LogP contribution in [0.3, 0.4) is 0 Å². The molecule has 2 aromatic carbocycles. The zero-order chi connectivity index (χ0) is 21.7. The summed E-state index contributed by atoms with van der Waals surface area (Å²) in [4.78, 5) is 41.3. The van der Waals surface area contributed by atoms with E-state index in [2.05, 4.69) is 0 Å². The molecule has 2 aromatic rings. The van der Waals surface area contributed by atoms with Gasteiger partial charge in [0.15, 0.2) is 0 Å². The van der Waals surface area contributed by atoms with Crippen molar-refractivity contribution < 1.29 is 23.9 Å². The maximum absolute atomic E-state index is 13.3. The number of benzene rings is 2. The molecule has 0 radical (unpaired) electrons. The van der Waals surface area contributed by atoms with Crippen LogP contribution >= 0.6 is 0 Å².